The van der Waals surface area contributed by atoms with Crippen molar-refractivity contribution in [2.75, 3.05) is 45.8 Å². The minimum Gasteiger partial charge on any atom is -0.493 e. The third-order valence-corrected chi connectivity index (χ3v) is 6.82. The number of aromatic nitrogens is 1. The smallest absolute Gasteiger partial charge is 0.162 e. The fraction of sp³-hybridized carbons (Fsp3) is 0.609. The number of fused-ring (bicyclic) bond motifs is 2. The van der Waals surface area contributed by atoms with Gasteiger partial charge in [0.15, 0.2) is 11.5 Å². The molecule has 0 radical (unpaired) electrons. The van der Waals surface area contributed by atoms with Crippen molar-refractivity contribution in [1.82, 2.24) is 9.88 Å². The first-order valence-corrected chi connectivity index (χ1v) is 10.9. The van der Waals surface area contributed by atoms with Crippen LogP contribution in [0, 0.1) is 0 Å². The van der Waals surface area contributed by atoms with Gasteiger partial charge in [0.1, 0.15) is 0 Å². The molecule has 0 amide bonds. The molecule has 2 aliphatic heterocycles. The second-order valence-electron chi connectivity index (χ2n) is 8.46. The highest BCUT2D eigenvalue weighted by molar-refractivity contribution is 5.96. The molecule has 0 spiro atoms. The predicted octanol–water partition coefficient (Wildman–Crippen LogP) is 3.41. The van der Waals surface area contributed by atoms with E-state index in [0.717, 1.165) is 61.5 Å². The maximum absolute atomic E-state index is 5.59. The number of methoxy groups -OCH3 is 2. The van der Waals surface area contributed by atoms with Crippen molar-refractivity contribution >= 4 is 16.6 Å². The summed E-state index contributed by atoms with van der Waals surface area (Å²) in [6, 6.07) is 5.23. The van der Waals surface area contributed by atoms with Crippen LogP contribution in [0.2, 0.25) is 0 Å². The number of rotatable bonds is 5. The molecule has 3 aliphatic rings. The zero-order valence-electron chi connectivity index (χ0n) is 17.5. The average Bonchev–Trinajstić information content (AvgIpc) is 3.45. The Morgan fingerprint density at radius 2 is 1.86 bits per heavy atom. The van der Waals surface area contributed by atoms with E-state index < -0.39 is 0 Å². The number of nitrogens with zero attached hydrogens (tertiary/aromatic N) is 2. The summed E-state index contributed by atoms with van der Waals surface area (Å²) in [4.78, 5) is 7.58. The van der Waals surface area contributed by atoms with E-state index >= 15 is 0 Å². The van der Waals surface area contributed by atoms with E-state index in [1.807, 2.05) is 6.07 Å². The normalized spacial score (nSPS) is 22.8. The van der Waals surface area contributed by atoms with Gasteiger partial charge in [0.25, 0.3) is 0 Å². The number of pyridine rings is 1. The van der Waals surface area contributed by atoms with E-state index in [1.54, 1.807) is 14.2 Å². The van der Waals surface area contributed by atoms with Gasteiger partial charge in [-0.2, -0.15) is 0 Å². The van der Waals surface area contributed by atoms with Crippen LogP contribution in [0.15, 0.2) is 12.1 Å². The van der Waals surface area contributed by atoms with Gasteiger partial charge in [-0.1, -0.05) is 0 Å². The van der Waals surface area contributed by atoms with Crippen LogP contribution in [0.4, 0.5) is 5.69 Å². The minimum absolute atomic E-state index is 0.497. The van der Waals surface area contributed by atoms with E-state index in [-0.39, 0.29) is 0 Å². The van der Waals surface area contributed by atoms with Crippen LogP contribution in [-0.4, -0.2) is 62.5 Å². The number of ether oxygens (including phenoxy) is 3. The Bertz CT molecular complexity index is 887. The summed E-state index contributed by atoms with van der Waals surface area (Å²) in [6.07, 6.45) is 6.87. The lowest BCUT2D eigenvalue weighted by Gasteiger charge is -2.36. The second-order valence-corrected chi connectivity index (χ2v) is 8.46. The number of likely N-dealkylation sites (tertiary alicyclic amines) is 1. The van der Waals surface area contributed by atoms with Crippen LogP contribution >= 0.6 is 0 Å². The molecule has 1 aliphatic carbocycles. The summed E-state index contributed by atoms with van der Waals surface area (Å²) in [6.45, 7) is 4.12. The van der Waals surface area contributed by atoms with Crippen LogP contribution in [-0.2, 0) is 17.6 Å². The number of benzene rings is 1. The average molecular weight is 398 g/mol. The zero-order chi connectivity index (χ0) is 19.8. The molecule has 0 saturated carbocycles. The standard InChI is InChI=1S/C23H31N3O3/c1-27-21-12-18-20(13-22(21)28-2)25-19-5-3-4-17(19)23(18)24-15-6-9-26(10-7-15)16-8-11-29-14-16/h12-13,15-16H,3-11,14H2,1-2H3,(H,24,25). The lowest BCUT2D eigenvalue weighted by atomic mass is 10.00. The minimum atomic E-state index is 0.497. The van der Waals surface area contributed by atoms with Crippen LogP contribution < -0.4 is 14.8 Å². The summed E-state index contributed by atoms with van der Waals surface area (Å²) in [5, 5.41) is 5.08. The quantitative estimate of drug-likeness (QED) is 0.835. The molecule has 29 heavy (non-hydrogen) atoms. The Morgan fingerprint density at radius 3 is 2.59 bits per heavy atom. The highest BCUT2D eigenvalue weighted by Gasteiger charge is 2.29. The molecule has 1 atom stereocenters. The van der Waals surface area contributed by atoms with Crippen LogP contribution in [0.25, 0.3) is 10.9 Å². The molecule has 6 nitrogen and oxygen atoms in total. The first-order chi connectivity index (χ1) is 14.3. The molecule has 3 heterocycles. The summed E-state index contributed by atoms with van der Waals surface area (Å²) in [7, 11) is 3.37. The molecule has 6 heteroatoms. The lowest BCUT2D eigenvalue weighted by molar-refractivity contribution is 0.124. The highest BCUT2D eigenvalue weighted by atomic mass is 16.5. The van der Waals surface area contributed by atoms with Crippen molar-refractivity contribution in [3.05, 3.63) is 23.4 Å². The van der Waals surface area contributed by atoms with Gasteiger partial charge in [-0.15, -0.1) is 0 Å². The highest BCUT2D eigenvalue weighted by Crippen LogP contribution is 2.40. The zero-order valence-corrected chi connectivity index (χ0v) is 17.5. The Kier molecular flexibility index (Phi) is 5.22. The maximum atomic E-state index is 5.59. The number of piperidine rings is 1. The Hall–Kier alpha value is -2.05. The van der Waals surface area contributed by atoms with Crippen molar-refractivity contribution < 1.29 is 14.2 Å². The van der Waals surface area contributed by atoms with Crippen molar-refractivity contribution in [2.45, 2.75) is 50.6 Å². The molecule has 156 valence electrons. The predicted molar refractivity (Wildman–Crippen MR) is 114 cm³/mol. The number of aryl methyl sites for hydroxylation is 1. The molecule has 1 aromatic carbocycles. The number of hydrogen-bond donors (Lipinski definition) is 1. The summed E-state index contributed by atoms with van der Waals surface area (Å²) < 4.78 is 16.7. The molecule has 1 N–H and O–H groups in total. The lowest BCUT2D eigenvalue weighted by Crippen LogP contribution is -2.45. The van der Waals surface area contributed by atoms with Crippen LogP contribution in [0.5, 0.6) is 11.5 Å². The summed E-state index contributed by atoms with van der Waals surface area (Å²) in [5.74, 6) is 1.50. The molecule has 1 unspecified atom stereocenters. The monoisotopic (exact) mass is 397 g/mol. The van der Waals surface area contributed by atoms with E-state index in [2.05, 4.69) is 16.3 Å². The van der Waals surface area contributed by atoms with Gasteiger partial charge in [-0.25, -0.2) is 0 Å². The summed E-state index contributed by atoms with van der Waals surface area (Å²) >= 11 is 0. The first-order valence-electron chi connectivity index (χ1n) is 10.9. The maximum Gasteiger partial charge on any atom is 0.162 e. The third-order valence-electron chi connectivity index (χ3n) is 6.82. The fourth-order valence-electron chi connectivity index (χ4n) is 5.18. The molecule has 2 aromatic rings. The number of nitrogens with one attached hydrogen (secondary N) is 1. The van der Waals surface area contributed by atoms with Gasteiger partial charge in [-0.05, 0) is 50.2 Å². The molecule has 0 bridgehead atoms. The number of anilines is 1. The van der Waals surface area contributed by atoms with Gasteiger partial charge in [-0.3, -0.25) is 9.88 Å². The first kappa shape index (κ1) is 18.9. The topological polar surface area (TPSA) is 55.9 Å². The molecule has 2 saturated heterocycles. The van der Waals surface area contributed by atoms with Crippen LogP contribution in [0.1, 0.15) is 36.9 Å². The van der Waals surface area contributed by atoms with Crippen molar-refractivity contribution in [1.29, 1.82) is 0 Å². The second kappa shape index (κ2) is 8.00. The van der Waals surface area contributed by atoms with Crippen molar-refractivity contribution in [3.63, 3.8) is 0 Å². The molecular weight excluding hydrogens is 366 g/mol. The number of hydrogen-bond acceptors (Lipinski definition) is 6. The van der Waals surface area contributed by atoms with Gasteiger partial charge < -0.3 is 19.5 Å². The molecule has 1 aromatic heterocycles. The van der Waals surface area contributed by atoms with Gasteiger partial charge in [0, 0.05) is 54.6 Å². The Labute approximate surface area is 172 Å². The largest absolute Gasteiger partial charge is 0.493 e. The van der Waals surface area contributed by atoms with Crippen molar-refractivity contribution in [3.8, 4) is 11.5 Å². The van der Waals surface area contributed by atoms with Gasteiger partial charge in [0.05, 0.1) is 26.3 Å². The van der Waals surface area contributed by atoms with Crippen LogP contribution in [0.3, 0.4) is 0 Å². The van der Waals surface area contributed by atoms with E-state index in [1.165, 1.54) is 42.6 Å². The summed E-state index contributed by atoms with van der Waals surface area (Å²) in [5.41, 5.74) is 4.90. The van der Waals surface area contributed by atoms with E-state index in [4.69, 9.17) is 19.2 Å². The Balaban J connectivity index is 1.43. The Morgan fingerprint density at radius 1 is 1.07 bits per heavy atom. The molecular formula is C23H31N3O3. The van der Waals surface area contributed by atoms with E-state index in [0.29, 0.717) is 12.1 Å². The molecule has 5 rings (SSSR count). The van der Waals surface area contributed by atoms with Gasteiger partial charge in [0.2, 0.25) is 0 Å². The van der Waals surface area contributed by atoms with Crippen molar-refractivity contribution in [2.24, 2.45) is 0 Å². The third kappa shape index (κ3) is 3.53. The molecule has 2 fully saturated rings. The van der Waals surface area contributed by atoms with Gasteiger partial charge >= 0.3 is 0 Å². The SMILES string of the molecule is COc1cc2nc3c(c(NC4CCN(C5CCOC5)CC4)c2cc1OC)CCC3. The van der Waals surface area contributed by atoms with E-state index in [9.17, 15) is 0 Å². The fourth-order valence-corrected chi connectivity index (χ4v) is 5.18.